The molecule has 1 heteroatoms. The third-order valence-electron chi connectivity index (χ3n) is 6.05. The van der Waals surface area contributed by atoms with Gasteiger partial charge in [-0.3, -0.25) is 4.90 Å². The van der Waals surface area contributed by atoms with Crippen LogP contribution in [0.3, 0.4) is 0 Å². The topological polar surface area (TPSA) is 3.24 Å². The molecule has 1 aliphatic carbocycles. The lowest BCUT2D eigenvalue weighted by Crippen LogP contribution is -2.48. The Bertz CT molecular complexity index is 672. The summed E-state index contributed by atoms with van der Waals surface area (Å²) in [5.41, 5.74) is 2.78. The fourth-order valence-corrected chi connectivity index (χ4v) is 4.05. The van der Waals surface area contributed by atoms with E-state index in [1.807, 2.05) is 0 Å². The summed E-state index contributed by atoms with van der Waals surface area (Å²) in [6.07, 6.45) is 9.56. The second-order valence-corrected chi connectivity index (χ2v) is 7.46. The molecule has 1 saturated carbocycles. The Morgan fingerprint density at radius 3 is 2.20 bits per heavy atom. The van der Waals surface area contributed by atoms with E-state index in [-0.39, 0.29) is 5.54 Å². The first-order valence-electron chi connectivity index (χ1n) is 9.67. The Kier molecular flexibility index (Phi) is 5.75. The summed E-state index contributed by atoms with van der Waals surface area (Å²) < 4.78 is 0. The van der Waals surface area contributed by atoms with Gasteiger partial charge in [-0.15, -0.1) is 0 Å². The SMILES string of the molecule is CCC(C/C=C/c1ccccc1)(c1ccccc1)N(C)C(C)C1CC1. The highest BCUT2D eigenvalue weighted by Crippen LogP contribution is 2.42. The van der Waals surface area contributed by atoms with Crippen LogP contribution in [0.15, 0.2) is 66.7 Å². The van der Waals surface area contributed by atoms with Gasteiger partial charge in [0, 0.05) is 11.6 Å². The van der Waals surface area contributed by atoms with Crippen molar-refractivity contribution in [1.82, 2.24) is 4.90 Å². The number of hydrogen-bond acceptors (Lipinski definition) is 1. The van der Waals surface area contributed by atoms with Crippen molar-refractivity contribution in [3.8, 4) is 0 Å². The highest BCUT2D eigenvalue weighted by atomic mass is 15.2. The van der Waals surface area contributed by atoms with Crippen LogP contribution in [0.1, 0.15) is 50.7 Å². The lowest BCUT2D eigenvalue weighted by Gasteiger charge is -2.45. The molecule has 2 aromatic rings. The first-order chi connectivity index (χ1) is 12.2. The van der Waals surface area contributed by atoms with Crippen molar-refractivity contribution >= 4 is 6.08 Å². The van der Waals surface area contributed by atoms with Crippen LogP contribution in [0.25, 0.3) is 6.08 Å². The van der Waals surface area contributed by atoms with Crippen LogP contribution in [0.5, 0.6) is 0 Å². The molecule has 1 aliphatic rings. The van der Waals surface area contributed by atoms with Crippen LogP contribution in [0.2, 0.25) is 0 Å². The molecule has 132 valence electrons. The van der Waals surface area contributed by atoms with Crippen molar-refractivity contribution < 1.29 is 0 Å². The Hall–Kier alpha value is -1.86. The maximum atomic E-state index is 2.65. The fraction of sp³-hybridized carbons (Fsp3) is 0.417. The van der Waals surface area contributed by atoms with E-state index in [4.69, 9.17) is 0 Å². The molecule has 0 aliphatic heterocycles. The van der Waals surface area contributed by atoms with Crippen molar-refractivity contribution in [2.24, 2.45) is 5.92 Å². The van der Waals surface area contributed by atoms with Crippen molar-refractivity contribution in [3.63, 3.8) is 0 Å². The first-order valence-corrected chi connectivity index (χ1v) is 9.67. The highest BCUT2D eigenvalue weighted by Gasteiger charge is 2.41. The van der Waals surface area contributed by atoms with E-state index in [2.05, 4.69) is 98.6 Å². The number of benzene rings is 2. The molecule has 0 spiro atoms. The van der Waals surface area contributed by atoms with Crippen LogP contribution in [0, 0.1) is 5.92 Å². The molecule has 2 aromatic carbocycles. The largest absolute Gasteiger partial charge is 0.293 e. The lowest BCUT2D eigenvalue weighted by molar-refractivity contribution is 0.0631. The van der Waals surface area contributed by atoms with Crippen LogP contribution in [0.4, 0.5) is 0 Å². The third-order valence-corrected chi connectivity index (χ3v) is 6.05. The summed E-state index contributed by atoms with van der Waals surface area (Å²) in [5, 5.41) is 0. The van der Waals surface area contributed by atoms with Gasteiger partial charge >= 0.3 is 0 Å². The van der Waals surface area contributed by atoms with E-state index in [9.17, 15) is 0 Å². The fourth-order valence-electron chi connectivity index (χ4n) is 4.05. The molecule has 0 N–H and O–H groups in total. The molecule has 25 heavy (non-hydrogen) atoms. The van der Waals surface area contributed by atoms with Gasteiger partial charge in [0.1, 0.15) is 0 Å². The van der Waals surface area contributed by atoms with E-state index in [1.54, 1.807) is 0 Å². The molecular weight excluding hydrogens is 302 g/mol. The van der Waals surface area contributed by atoms with Crippen LogP contribution in [-0.4, -0.2) is 18.0 Å². The summed E-state index contributed by atoms with van der Waals surface area (Å²) in [4.78, 5) is 2.65. The van der Waals surface area contributed by atoms with E-state index >= 15 is 0 Å². The number of hydrogen-bond donors (Lipinski definition) is 0. The third kappa shape index (κ3) is 4.04. The Balaban J connectivity index is 1.88. The average molecular weight is 334 g/mol. The van der Waals surface area contributed by atoms with Gasteiger partial charge in [0.2, 0.25) is 0 Å². The second kappa shape index (κ2) is 8.01. The lowest BCUT2D eigenvalue weighted by atomic mass is 9.81. The van der Waals surface area contributed by atoms with Crippen molar-refractivity contribution in [2.75, 3.05) is 7.05 Å². The van der Waals surface area contributed by atoms with Gasteiger partial charge in [-0.2, -0.15) is 0 Å². The van der Waals surface area contributed by atoms with Crippen molar-refractivity contribution in [3.05, 3.63) is 77.9 Å². The Labute approximate surface area is 153 Å². The minimum Gasteiger partial charge on any atom is -0.293 e. The smallest absolute Gasteiger partial charge is 0.0492 e. The maximum Gasteiger partial charge on any atom is 0.0492 e. The monoisotopic (exact) mass is 333 g/mol. The number of nitrogens with zero attached hydrogens (tertiary/aromatic N) is 1. The molecule has 2 unspecified atom stereocenters. The molecule has 1 nitrogen and oxygen atoms in total. The van der Waals surface area contributed by atoms with Crippen LogP contribution >= 0.6 is 0 Å². The molecule has 0 bridgehead atoms. The maximum absolute atomic E-state index is 2.65. The zero-order valence-corrected chi connectivity index (χ0v) is 15.9. The van der Waals surface area contributed by atoms with Gasteiger partial charge in [-0.25, -0.2) is 0 Å². The van der Waals surface area contributed by atoms with Gasteiger partial charge < -0.3 is 0 Å². The summed E-state index contributed by atoms with van der Waals surface area (Å²) in [5.74, 6) is 0.873. The molecule has 0 aromatic heterocycles. The molecule has 1 fully saturated rings. The van der Waals surface area contributed by atoms with E-state index < -0.39 is 0 Å². The molecule has 2 atom stereocenters. The molecule has 0 heterocycles. The normalized spacial score (nSPS) is 18.4. The summed E-state index contributed by atoms with van der Waals surface area (Å²) in [6, 6.07) is 22.3. The second-order valence-electron chi connectivity index (χ2n) is 7.46. The summed E-state index contributed by atoms with van der Waals surface area (Å²) in [6.45, 7) is 4.74. The van der Waals surface area contributed by atoms with E-state index in [0.717, 1.165) is 18.8 Å². The zero-order chi connectivity index (χ0) is 17.7. The minimum absolute atomic E-state index is 0.0640. The van der Waals surface area contributed by atoms with Crippen molar-refractivity contribution in [2.45, 2.75) is 51.1 Å². The molecular formula is C24H31N. The highest BCUT2D eigenvalue weighted by molar-refractivity contribution is 5.49. The predicted molar refractivity (Wildman–Crippen MR) is 108 cm³/mol. The average Bonchev–Trinajstić information content (AvgIpc) is 3.51. The summed E-state index contributed by atoms with van der Waals surface area (Å²) >= 11 is 0. The van der Waals surface area contributed by atoms with Gasteiger partial charge in [0.15, 0.2) is 0 Å². The minimum atomic E-state index is 0.0640. The first kappa shape index (κ1) is 17.9. The quantitative estimate of drug-likeness (QED) is 0.562. The van der Waals surface area contributed by atoms with E-state index in [1.165, 1.54) is 24.0 Å². The van der Waals surface area contributed by atoms with Gasteiger partial charge in [0.05, 0.1) is 0 Å². The zero-order valence-electron chi connectivity index (χ0n) is 15.9. The van der Waals surface area contributed by atoms with Crippen LogP contribution < -0.4 is 0 Å². The molecule has 0 amide bonds. The molecule has 0 radical (unpaired) electrons. The standard InChI is InChI=1S/C24H31N/c1-4-24(23-15-9-6-10-16-23,25(3)20(2)22-17-18-22)19-11-14-21-12-7-5-8-13-21/h5-16,20,22H,4,17-19H2,1-3H3/b14-11+. The van der Waals surface area contributed by atoms with Gasteiger partial charge in [0.25, 0.3) is 0 Å². The molecule has 3 rings (SSSR count). The molecule has 0 saturated heterocycles. The van der Waals surface area contributed by atoms with Gasteiger partial charge in [-0.1, -0.05) is 79.7 Å². The number of rotatable bonds is 8. The Morgan fingerprint density at radius 2 is 1.64 bits per heavy atom. The predicted octanol–water partition coefficient (Wildman–Crippen LogP) is 6.13. The van der Waals surface area contributed by atoms with Crippen LogP contribution in [-0.2, 0) is 5.54 Å². The summed E-state index contributed by atoms with van der Waals surface area (Å²) in [7, 11) is 2.33. The van der Waals surface area contributed by atoms with Gasteiger partial charge in [-0.05, 0) is 56.7 Å². The Morgan fingerprint density at radius 1 is 1.04 bits per heavy atom. The van der Waals surface area contributed by atoms with E-state index in [0.29, 0.717) is 6.04 Å². The van der Waals surface area contributed by atoms with Crippen molar-refractivity contribution in [1.29, 1.82) is 0 Å².